The van der Waals surface area contributed by atoms with E-state index in [0.717, 1.165) is 37.7 Å². The Morgan fingerprint density at radius 2 is 1.96 bits per heavy atom. The average molecular weight is 516 g/mol. The van der Waals surface area contributed by atoms with Gasteiger partial charge < -0.3 is 20.7 Å². The summed E-state index contributed by atoms with van der Waals surface area (Å²) in [6.07, 6.45) is 1.10. The maximum atomic E-state index is 5.05. The van der Waals surface area contributed by atoms with E-state index in [2.05, 4.69) is 71.6 Å². The second kappa shape index (κ2) is 14.6. The van der Waals surface area contributed by atoms with E-state index >= 15 is 0 Å². The highest BCUT2D eigenvalue weighted by Crippen LogP contribution is 2.14. The molecule has 7 heteroatoms. The predicted octanol–water partition coefficient (Wildman–Crippen LogP) is 4.36. The molecular formula is C21H33IN4OS. The van der Waals surface area contributed by atoms with E-state index in [4.69, 9.17) is 9.73 Å². The number of benzene rings is 1. The normalized spacial score (nSPS) is 12.2. The Balaban J connectivity index is 0.00000392. The molecule has 0 fully saturated rings. The Bertz CT molecular complexity index is 662. The summed E-state index contributed by atoms with van der Waals surface area (Å²) in [7, 11) is 1.71. The fourth-order valence-electron chi connectivity index (χ4n) is 2.65. The Hall–Kier alpha value is -1.32. The molecule has 0 amide bonds. The molecule has 1 atom stereocenters. The van der Waals surface area contributed by atoms with Gasteiger partial charge in [0.25, 0.3) is 0 Å². The topological polar surface area (TPSA) is 57.7 Å². The third-order valence-corrected chi connectivity index (χ3v) is 5.00. The minimum absolute atomic E-state index is 0. The molecule has 0 radical (unpaired) electrons. The second-order valence-corrected chi connectivity index (χ2v) is 7.61. The van der Waals surface area contributed by atoms with Gasteiger partial charge in [-0.1, -0.05) is 25.1 Å². The molecule has 2 rings (SSSR count). The molecule has 1 unspecified atom stereocenters. The van der Waals surface area contributed by atoms with Crippen LogP contribution in [0.1, 0.15) is 24.3 Å². The first-order chi connectivity index (χ1) is 13.2. The quantitative estimate of drug-likeness (QED) is 0.180. The van der Waals surface area contributed by atoms with E-state index in [1.165, 1.54) is 10.4 Å². The molecule has 3 N–H and O–H groups in total. The number of ether oxygens (including phenoxy) is 1. The summed E-state index contributed by atoms with van der Waals surface area (Å²) in [5.41, 5.74) is 2.29. The van der Waals surface area contributed by atoms with Crippen LogP contribution in [0.5, 0.6) is 0 Å². The van der Waals surface area contributed by atoms with E-state index in [9.17, 15) is 0 Å². The molecule has 0 bridgehead atoms. The zero-order chi connectivity index (χ0) is 19.3. The molecule has 0 spiro atoms. The molecule has 0 saturated carbocycles. The number of rotatable bonds is 11. The van der Waals surface area contributed by atoms with E-state index in [1.807, 2.05) is 11.3 Å². The minimum atomic E-state index is 0. The van der Waals surface area contributed by atoms with Crippen LogP contribution in [0.2, 0.25) is 0 Å². The fourth-order valence-corrected chi connectivity index (χ4v) is 3.52. The van der Waals surface area contributed by atoms with Gasteiger partial charge in [-0.15, -0.1) is 35.3 Å². The Morgan fingerprint density at radius 1 is 1.18 bits per heavy atom. The zero-order valence-corrected chi connectivity index (χ0v) is 20.2. The van der Waals surface area contributed by atoms with Crippen molar-refractivity contribution in [2.75, 3.05) is 38.7 Å². The Kier molecular flexibility index (Phi) is 12.9. The summed E-state index contributed by atoms with van der Waals surface area (Å²) in [5, 5.41) is 12.3. The summed E-state index contributed by atoms with van der Waals surface area (Å²) in [6, 6.07) is 12.7. The summed E-state index contributed by atoms with van der Waals surface area (Å²) < 4.78 is 5.05. The first kappa shape index (κ1) is 24.7. The number of hydrogen-bond acceptors (Lipinski definition) is 4. The third kappa shape index (κ3) is 9.75. The van der Waals surface area contributed by atoms with Crippen LogP contribution < -0.4 is 16.0 Å². The van der Waals surface area contributed by atoms with Crippen molar-refractivity contribution >= 4 is 47.0 Å². The zero-order valence-electron chi connectivity index (χ0n) is 17.0. The highest BCUT2D eigenvalue weighted by Gasteiger charge is 2.06. The van der Waals surface area contributed by atoms with Gasteiger partial charge in [-0.25, -0.2) is 4.99 Å². The van der Waals surface area contributed by atoms with Gasteiger partial charge in [0.2, 0.25) is 0 Å². The monoisotopic (exact) mass is 516 g/mol. The third-order valence-electron chi connectivity index (χ3n) is 4.10. The maximum absolute atomic E-state index is 5.05. The second-order valence-electron chi connectivity index (χ2n) is 6.58. The Morgan fingerprint density at radius 3 is 2.61 bits per heavy atom. The van der Waals surface area contributed by atoms with Gasteiger partial charge in [-0.2, -0.15) is 0 Å². The summed E-state index contributed by atoms with van der Waals surface area (Å²) in [4.78, 5) is 6.15. The van der Waals surface area contributed by atoms with Crippen LogP contribution in [0.3, 0.4) is 0 Å². The summed E-state index contributed by atoms with van der Waals surface area (Å²) in [6.45, 7) is 8.30. The molecular weight excluding hydrogens is 483 g/mol. The van der Waals surface area contributed by atoms with Crippen molar-refractivity contribution in [3.8, 4) is 0 Å². The van der Waals surface area contributed by atoms with E-state index in [1.54, 1.807) is 7.11 Å². The van der Waals surface area contributed by atoms with Crippen LogP contribution in [0, 0.1) is 5.92 Å². The van der Waals surface area contributed by atoms with E-state index < -0.39 is 0 Å². The molecule has 0 aliphatic heterocycles. The number of hydrogen-bond donors (Lipinski definition) is 3. The highest BCUT2D eigenvalue weighted by atomic mass is 127. The number of aliphatic imine (C=N–C) groups is 1. The van der Waals surface area contributed by atoms with Crippen molar-refractivity contribution in [1.29, 1.82) is 0 Å². The number of thiophene rings is 1. The van der Waals surface area contributed by atoms with Crippen molar-refractivity contribution in [3.05, 3.63) is 52.2 Å². The van der Waals surface area contributed by atoms with Crippen LogP contribution in [-0.2, 0) is 17.7 Å². The molecule has 0 aliphatic rings. The smallest absolute Gasteiger partial charge is 0.191 e. The van der Waals surface area contributed by atoms with Gasteiger partial charge >= 0.3 is 0 Å². The van der Waals surface area contributed by atoms with Crippen LogP contribution >= 0.6 is 35.3 Å². The maximum Gasteiger partial charge on any atom is 0.191 e. The van der Waals surface area contributed by atoms with Crippen LogP contribution in [-0.4, -0.2) is 39.3 Å². The molecule has 156 valence electrons. The van der Waals surface area contributed by atoms with Crippen molar-refractivity contribution < 1.29 is 4.74 Å². The number of nitrogens with zero attached hydrogens (tertiary/aromatic N) is 1. The van der Waals surface area contributed by atoms with Crippen LogP contribution in [0.4, 0.5) is 5.69 Å². The van der Waals surface area contributed by atoms with Crippen molar-refractivity contribution in [2.24, 2.45) is 10.9 Å². The van der Waals surface area contributed by atoms with Gasteiger partial charge in [0, 0.05) is 37.3 Å². The number of anilines is 1. The largest absolute Gasteiger partial charge is 0.383 e. The SMILES string of the molecule is CCNC(=NCc1ccc(NCCOC)cc1)NCC(C)Cc1cccs1.I. The van der Waals surface area contributed by atoms with Crippen molar-refractivity contribution in [3.63, 3.8) is 0 Å². The van der Waals surface area contributed by atoms with Gasteiger partial charge in [0.05, 0.1) is 13.2 Å². The summed E-state index contributed by atoms with van der Waals surface area (Å²) in [5.74, 6) is 1.43. The molecule has 1 aromatic carbocycles. The highest BCUT2D eigenvalue weighted by molar-refractivity contribution is 14.0. The lowest BCUT2D eigenvalue weighted by Gasteiger charge is -2.15. The lowest BCUT2D eigenvalue weighted by molar-refractivity contribution is 0.211. The first-order valence-corrected chi connectivity index (χ1v) is 10.5. The summed E-state index contributed by atoms with van der Waals surface area (Å²) >= 11 is 1.82. The van der Waals surface area contributed by atoms with Gasteiger partial charge in [-0.3, -0.25) is 0 Å². The predicted molar refractivity (Wildman–Crippen MR) is 132 cm³/mol. The van der Waals surface area contributed by atoms with Gasteiger partial charge in [-0.05, 0) is 48.4 Å². The molecule has 28 heavy (non-hydrogen) atoms. The standard InChI is InChI=1S/C21H32N4OS.HI/c1-4-22-21(24-15-17(2)14-20-6-5-13-27-20)25-16-18-7-9-19(10-8-18)23-11-12-26-3;/h5-10,13,17,23H,4,11-12,14-16H2,1-3H3,(H2,22,24,25);1H. The van der Waals surface area contributed by atoms with Gasteiger partial charge in [0.15, 0.2) is 5.96 Å². The van der Waals surface area contributed by atoms with Crippen LogP contribution in [0.25, 0.3) is 0 Å². The lowest BCUT2D eigenvalue weighted by Crippen LogP contribution is -2.39. The van der Waals surface area contributed by atoms with Crippen LogP contribution in [0.15, 0.2) is 46.8 Å². The fraction of sp³-hybridized carbons (Fsp3) is 0.476. The van der Waals surface area contributed by atoms with E-state index in [0.29, 0.717) is 19.1 Å². The lowest BCUT2D eigenvalue weighted by atomic mass is 10.1. The number of halogens is 1. The Labute approximate surface area is 190 Å². The minimum Gasteiger partial charge on any atom is -0.383 e. The molecule has 0 aliphatic carbocycles. The molecule has 5 nitrogen and oxygen atoms in total. The number of guanidine groups is 1. The molecule has 0 saturated heterocycles. The number of methoxy groups -OCH3 is 1. The number of nitrogens with one attached hydrogen (secondary N) is 3. The van der Waals surface area contributed by atoms with Crippen molar-refractivity contribution in [1.82, 2.24) is 10.6 Å². The molecule has 1 heterocycles. The van der Waals surface area contributed by atoms with E-state index in [-0.39, 0.29) is 24.0 Å². The first-order valence-electron chi connectivity index (χ1n) is 9.57. The molecule has 2 aromatic rings. The van der Waals surface area contributed by atoms with Gasteiger partial charge in [0.1, 0.15) is 0 Å². The molecule has 1 aromatic heterocycles. The van der Waals surface area contributed by atoms with Crippen molar-refractivity contribution in [2.45, 2.75) is 26.8 Å². The average Bonchev–Trinajstić information content (AvgIpc) is 3.18.